The summed E-state index contributed by atoms with van der Waals surface area (Å²) in [6.07, 6.45) is 2.02. The lowest BCUT2D eigenvalue weighted by Crippen LogP contribution is -2.39. The predicted molar refractivity (Wildman–Crippen MR) is 84.8 cm³/mol. The summed E-state index contributed by atoms with van der Waals surface area (Å²) >= 11 is 1.17. The van der Waals surface area contributed by atoms with E-state index in [4.69, 9.17) is 5.11 Å². The van der Waals surface area contributed by atoms with Gasteiger partial charge in [0, 0.05) is 17.5 Å². The number of benzene rings is 1. The molecule has 0 spiro atoms. The van der Waals surface area contributed by atoms with E-state index >= 15 is 0 Å². The van der Waals surface area contributed by atoms with Gasteiger partial charge in [-0.1, -0.05) is 30.3 Å². The summed E-state index contributed by atoms with van der Waals surface area (Å²) in [5.74, 6) is -0.963. The Kier molecular flexibility index (Phi) is 5.09. The maximum absolute atomic E-state index is 10.8. The quantitative estimate of drug-likeness (QED) is 0.823. The highest BCUT2D eigenvalue weighted by Gasteiger charge is 2.18. The maximum atomic E-state index is 10.8. The molecule has 0 fully saturated rings. The molecule has 21 heavy (non-hydrogen) atoms. The number of rotatable bonds is 7. The first-order valence-corrected chi connectivity index (χ1v) is 7.81. The van der Waals surface area contributed by atoms with Crippen molar-refractivity contribution in [2.75, 3.05) is 0 Å². The van der Waals surface area contributed by atoms with Gasteiger partial charge < -0.3 is 10.4 Å². The Labute approximate surface area is 128 Å². The van der Waals surface area contributed by atoms with Crippen LogP contribution in [0.3, 0.4) is 0 Å². The van der Waals surface area contributed by atoms with Crippen molar-refractivity contribution in [1.29, 1.82) is 0 Å². The van der Waals surface area contributed by atoms with E-state index in [1.807, 2.05) is 6.07 Å². The molecule has 5 heteroatoms. The summed E-state index contributed by atoms with van der Waals surface area (Å²) in [5.41, 5.74) is 2.09. The van der Waals surface area contributed by atoms with E-state index in [1.165, 1.54) is 16.9 Å². The number of carboxylic acid groups (broad SMARTS) is 1. The van der Waals surface area contributed by atoms with Gasteiger partial charge in [0.1, 0.15) is 0 Å². The maximum Gasteiger partial charge on any atom is 0.365 e. The predicted octanol–water partition coefficient (Wildman–Crippen LogP) is 3.34. The highest BCUT2D eigenvalue weighted by Crippen LogP contribution is 2.15. The lowest BCUT2D eigenvalue weighted by molar-refractivity contribution is 0.0696. The minimum Gasteiger partial charge on any atom is -0.476 e. The van der Waals surface area contributed by atoms with Gasteiger partial charge in [-0.2, -0.15) is 0 Å². The van der Waals surface area contributed by atoms with E-state index in [0.717, 1.165) is 18.5 Å². The van der Waals surface area contributed by atoms with Crippen LogP contribution < -0.4 is 5.32 Å². The van der Waals surface area contributed by atoms with Crippen molar-refractivity contribution < 1.29 is 9.90 Å². The Morgan fingerprint density at radius 1 is 1.33 bits per heavy atom. The van der Waals surface area contributed by atoms with Crippen LogP contribution in [0.1, 0.15) is 41.3 Å². The number of carboxylic acids is 1. The highest BCUT2D eigenvalue weighted by molar-refractivity contribution is 7.11. The SMILES string of the molecule is CC(C)(CCc1ccccc1)NCc1csc(C(=O)O)n1. The van der Waals surface area contributed by atoms with Crippen molar-refractivity contribution in [1.82, 2.24) is 10.3 Å². The zero-order chi connectivity index (χ0) is 15.3. The molecule has 0 saturated heterocycles. The van der Waals surface area contributed by atoms with Crippen LogP contribution >= 0.6 is 11.3 Å². The molecule has 2 aromatic rings. The summed E-state index contributed by atoms with van der Waals surface area (Å²) in [5, 5.41) is 14.3. The molecule has 1 heterocycles. The summed E-state index contributed by atoms with van der Waals surface area (Å²) in [6, 6.07) is 10.4. The van der Waals surface area contributed by atoms with Crippen molar-refractivity contribution in [2.45, 2.75) is 38.8 Å². The third-order valence-corrected chi connectivity index (χ3v) is 4.24. The summed E-state index contributed by atoms with van der Waals surface area (Å²) in [6.45, 7) is 4.90. The summed E-state index contributed by atoms with van der Waals surface area (Å²) in [7, 11) is 0. The molecule has 2 N–H and O–H groups in total. The Morgan fingerprint density at radius 3 is 2.67 bits per heavy atom. The van der Waals surface area contributed by atoms with Crippen LogP contribution in [0.2, 0.25) is 0 Å². The van der Waals surface area contributed by atoms with E-state index in [2.05, 4.69) is 48.4 Å². The molecule has 2 rings (SSSR count). The Hall–Kier alpha value is -1.72. The average Bonchev–Trinajstić information content (AvgIpc) is 2.94. The van der Waals surface area contributed by atoms with E-state index in [9.17, 15) is 4.79 Å². The fraction of sp³-hybridized carbons (Fsp3) is 0.375. The van der Waals surface area contributed by atoms with Gasteiger partial charge in [0.15, 0.2) is 0 Å². The molecule has 0 atom stereocenters. The summed E-state index contributed by atoms with van der Waals surface area (Å²) in [4.78, 5) is 14.9. The van der Waals surface area contributed by atoms with E-state index < -0.39 is 5.97 Å². The number of carbonyl (C=O) groups is 1. The molecule has 1 aromatic heterocycles. The Balaban J connectivity index is 1.84. The first-order chi connectivity index (χ1) is 9.96. The number of aromatic carboxylic acids is 1. The van der Waals surface area contributed by atoms with Crippen molar-refractivity contribution in [3.63, 3.8) is 0 Å². The number of aromatic nitrogens is 1. The van der Waals surface area contributed by atoms with E-state index in [1.54, 1.807) is 5.38 Å². The molecule has 4 nitrogen and oxygen atoms in total. The monoisotopic (exact) mass is 304 g/mol. The van der Waals surface area contributed by atoms with Crippen LogP contribution in [0.4, 0.5) is 0 Å². The van der Waals surface area contributed by atoms with Gasteiger partial charge in [-0.25, -0.2) is 9.78 Å². The lowest BCUT2D eigenvalue weighted by Gasteiger charge is -2.26. The molecule has 0 amide bonds. The fourth-order valence-corrected chi connectivity index (χ4v) is 2.66. The van der Waals surface area contributed by atoms with Crippen molar-refractivity contribution in [2.24, 2.45) is 0 Å². The fourth-order valence-electron chi connectivity index (χ4n) is 2.01. The topological polar surface area (TPSA) is 62.2 Å². The number of thiazole rings is 1. The molecular formula is C16H20N2O2S. The average molecular weight is 304 g/mol. The van der Waals surface area contributed by atoms with Crippen molar-refractivity contribution >= 4 is 17.3 Å². The normalized spacial score (nSPS) is 11.5. The molecule has 0 aliphatic carbocycles. The smallest absolute Gasteiger partial charge is 0.365 e. The number of hydrogen-bond donors (Lipinski definition) is 2. The third-order valence-electron chi connectivity index (χ3n) is 3.36. The molecule has 0 saturated carbocycles. The minimum absolute atomic E-state index is 0.0250. The second kappa shape index (κ2) is 6.83. The Bertz CT molecular complexity index is 593. The van der Waals surface area contributed by atoms with Gasteiger partial charge in [0.25, 0.3) is 0 Å². The molecule has 0 aliphatic rings. The minimum atomic E-state index is -0.963. The molecule has 112 valence electrons. The zero-order valence-electron chi connectivity index (χ0n) is 12.3. The van der Waals surface area contributed by atoms with Gasteiger partial charge in [0.05, 0.1) is 5.69 Å². The first kappa shape index (κ1) is 15.7. The van der Waals surface area contributed by atoms with Crippen LogP contribution in [0.25, 0.3) is 0 Å². The van der Waals surface area contributed by atoms with Gasteiger partial charge in [-0.3, -0.25) is 0 Å². The van der Waals surface area contributed by atoms with Gasteiger partial charge >= 0.3 is 5.97 Å². The number of nitrogens with zero attached hydrogens (tertiary/aromatic N) is 1. The number of aryl methyl sites for hydroxylation is 1. The number of hydrogen-bond acceptors (Lipinski definition) is 4. The second-order valence-electron chi connectivity index (χ2n) is 5.67. The van der Waals surface area contributed by atoms with Gasteiger partial charge in [0.2, 0.25) is 5.01 Å². The second-order valence-corrected chi connectivity index (χ2v) is 6.53. The van der Waals surface area contributed by atoms with Crippen molar-refractivity contribution in [3.05, 3.63) is 52.0 Å². The molecule has 0 radical (unpaired) electrons. The van der Waals surface area contributed by atoms with Gasteiger partial charge in [-0.05, 0) is 32.3 Å². The lowest BCUT2D eigenvalue weighted by atomic mass is 9.95. The largest absolute Gasteiger partial charge is 0.476 e. The third kappa shape index (κ3) is 4.95. The molecule has 0 aliphatic heterocycles. The van der Waals surface area contributed by atoms with Crippen molar-refractivity contribution in [3.8, 4) is 0 Å². The first-order valence-electron chi connectivity index (χ1n) is 6.93. The molecule has 0 unspecified atom stereocenters. The molecule has 0 bridgehead atoms. The summed E-state index contributed by atoms with van der Waals surface area (Å²) < 4.78 is 0. The van der Waals surface area contributed by atoms with Crippen LogP contribution in [-0.2, 0) is 13.0 Å². The number of nitrogens with one attached hydrogen (secondary N) is 1. The van der Waals surface area contributed by atoms with E-state index in [0.29, 0.717) is 6.54 Å². The van der Waals surface area contributed by atoms with Crippen LogP contribution in [0.5, 0.6) is 0 Å². The molecule has 1 aromatic carbocycles. The zero-order valence-corrected chi connectivity index (χ0v) is 13.1. The van der Waals surface area contributed by atoms with Gasteiger partial charge in [-0.15, -0.1) is 11.3 Å². The molecular weight excluding hydrogens is 284 g/mol. The van der Waals surface area contributed by atoms with E-state index in [-0.39, 0.29) is 10.5 Å². The van der Waals surface area contributed by atoms with Crippen LogP contribution in [0.15, 0.2) is 35.7 Å². The standard InChI is InChI=1S/C16H20N2O2S/c1-16(2,9-8-12-6-4-3-5-7-12)17-10-13-11-21-14(18-13)15(19)20/h3-7,11,17H,8-10H2,1-2H3,(H,19,20). The highest BCUT2D eigenvalue weighted by atomic mass is 32.1. The Morgan fingerprint density at radius 2 is 2.05 bits per heavy atom. The van der Waals surface area contributed by atoms with Crippen LogP contribution in [-0.4, -0.2) is 21.6 Å². The van der Waals surface area contributed by atoms with Crippen LogP contribution in [0, 0.1) is 0 Å².